The Bertz CT molecular complexity index is 784. The zero-order valence-electron chi connectivity index (χ0n) is 13.9. The van der Waals surface area contributed by atoms with Crippen molar-refractivity contribution in [1.82, 2.24) is 5.43 Å². The van der Waals surface area contributed by atoms with Gasteiger partial charge in [0.25, 0.3) is 5.69 Å². The molecule has 1 heterocycles. The highest BCUT2D eigenvalue weighted by Gasteiger charge is 2.40. The molecule has 1 N–H and O–H groups in total. The second kappa shape index (κ2) is 7.56. The highest BCUT2D eigenvalue weighted by molar-refractivity contribution is 6.40. The van der Waals surface area contributed by atoms with Crippen molar-refractivity contribution in [1.29, 1.82) is 0 Å². The van der Waals surface area contributed by atoms with E-state index in [4.69, 9.17) is 9.47 Å². The zero-order valence-corrected chi connectivity index (χ0v) is 13.9. The summed E-state index contributed by atoms with van der Waals surface area (Å²) in [6.45, 7) is 3.33. The van der Waals surface area contributed by atoms with Crippen LogP contribution in [-0.2, 0) is 19.1 Å². The molecule has 0 saturated heterocycles. The van der Waals surface area contributed by atoms with Crippen LogP contribution in [0, 0.1) is 10.1 Å². The molecular formula is C16H17N3O6. The fraction of sp³-hybridized carbons (Fsp3) is 0.312. The lowest BCUT2D eigenvalue weighted by atomic mass is 9.84. The van der Waals surface area contributed by atoms with Crippen molar-refractivity contribution in [3.63, 3.8) is 0 Å². The second-order valence-corrected chi connectivity index (χ2v) is 5.11. The maximum absolute atomic E-state index is 12.4. The predicted octanol–water partition coefficient (Wildman–Crippen LogP) is 1.65. The van der Waals surface area contributed by atoms with Crippen molar-refractivity contribution in [2.24, 2.45) is 5.10 Å². The number of hydrazone groups is 1. The average Bonchev–Trinajstić information content (AvgIpc) is 2.60. The van der Waals surface area contributed by atoms with E-state index in [1.807, 2.05) is 0 Å². The lowest BCUT2D eigenvalue weighted by Crippen LogP contribution is -2.36. The van der Waals surface area contributed by atoms with E-state index in [2.05, 4.69) is 10.5 Å². The van der Waals surface area contributed by atoms with Crippen LogP contribution in [0.25, 0.3) is 0 Å². The Morgan fingerprint density at radius 2 is 2.00 bits per heavy atom. The molecule has 2 rings (SSSR count). The maximum atomic E-state index is 12.4. The zero-order chi connectivity index (χ0) is 18.6. The number of rotatable bonds is 5. The lowest BCUT2D eigenvalue weighted by Gasteiger charge is -2.25. The van der Waals surface area contributed by atoms with Gasteiger partial charge in [-0.2, -0.15) is 5.10 Å². The number of allylic oxidation sites excluding steroid dienone is 1. The number of nitro benzene ring substituents is 1. The summed E-state index contributed by atoms with van der Waals surface area (Å²) in [6, 6.07) is 5.85. The van der Waals surface area contributed by atoms with Crippen LogP contribution in [0.1, 0.15) is 25.3 Å². The summed E-state index contributed by atoms with van der Waals surface area (Å²) in [5.74, 6) is -2.56. The van der Waals surface area contributed by atoms with Crippen molar-refractivity contribution >= 4 is 23.3 Å². The van der Waals surface area contributed by atoms with Gasteiger partial charge in [-0.3, -0.25) is 15.5 Å². The summed E-state index contributed by atoms with van der Waals surface area (Å²) in [7, 11) is 1.16. The third kappa shape index (κ3) is 3.49. The summed E-state index contributed by atoms with van der Waals surface area (Å²) < 4.78 is 9.76. The van der Waals surface area contributed by atoms with Crippen LogP contribution in [0.2, 0.25) is 0 Å². The van der Waals surface area contributed by atoms with Gasteiger partial charge < -0.3 is 9.47 Å². The van der Waals surface area contributed by atoms with E-state index in [1.54, 1.807) is 19.9 Å². The molecule has 1 unspecified atom stereocenters. The molecule has 9 heteroatoms. The molecule has 0 aliphatic carbocycles. The molecule has 1 aromatic rings. The van der Waals surface area contributed by atoms with E-state index < -0.39 is 22.8 Å². The molecule has 0 saturated carbocycles. The largest absolute Gasteiger partial charge is 0.464 e. The number of carbonyl (C=O) groups is 2. The fourth-order valence-electron chi connectivity index (χ4n) is 2.57. The number of methoxy groups -OCH3 is 1. The van der Waals surface area contributed by atoms with Crippen LogP contribution >= 0.6 is 0 Å². The van der Waals surface area contributed by atoms with E-state index in [-0.39, 0.29) is 29.1 Å². The van der Waals surface area contributed by atoms with Gasteiger partial charge in [0.15, 0.2) is 5.71 Å². The van der Waals surface area contributed by atoms with Gasteiger partial charge in [0.1, 0.15) is 0 Å². The summed E-state index contributed by atoms with van der Waals surface area (Å²) in [5, 5.41) is 15.3. The molecule has 0 spiro atoms. The highest BCUT2D eigenvalue weighted by Crippen LogP contribution is 2.36. The van der Waals surface area contributed by atoms with Gasteiger partial charge in [-0.1, -0.05) is 18.2 Å². The van der Waals surface area contributed by atoms with E-state index in [0.717, 1.165) is 7.11 Å². The van der Waals surface area contributed by atoms with Crippen LogP contribution in [0.5, 0.6) is 0 Å². The van der Waals surface area contributed by atoms with Crippen LogP contribution in [0.15, 0.2) is 40.6 Å². The summed E-state index contributed by atoms with van der Waals surface area (Å²) in [4.78, 5) is 35.4. The fourth-order valence-corrected chi connectivity index (χ4v) is 2.57. The SMILES string of the molecule is CCOC(=O)C1=C(C)NN=C(C(=O)OC)C1c1ccccc1[N+](=O)[O-]. The number of hydrogen-bond acceptors (Lipinski definition) is 8. The van der Waals surface area contributed by atoms with Crippen molar-refractivity contribution in [3.05, 3.63) is 51.2 Å². The van der Waals surface area contributed by atoms with Crippen LogP contribution in [0.3, 0.4) is 0 Å². The molecule has 0 fully saturated rings. The molecule has 1 aromatic carbocycles. The molecule has 0 radical (unpaired) electrons. The molecule has 25 heavy (non-hydrogen) atoms. The molecule has 1 atom stereocenters. The number of benzene rings is 1. The van der Waals surface area contributed by atoms with Gasteiger partial charge >= 0.3 is 11.9 Å². The van der Waals surface area contributed by atoms with E-state index >= 15 is 0 Å². The minimum atomic E-state index is -1.07. The highest BCUT2D eigenvalue weighted by atomic mass is 16.6. The van der Waals surface area contributed by atoms with Crippen molar-refractivity contribution in [3.8, 4) is 0 Å². The number of ether oxygens (including phenoxy) is 2. The first kappa shape index (κ1) is 18.1. The first-order valence-electron chi connectivity index (χ1n) is 7.45. The maximum Gasteiger partial charge on any atom is 0.355 e. The molecule has 0 bridgehead atoms. The lowest BCUT2D eigenvalue weighted by molar-refractivity contribution is -0.385. The number of hydrogen-bond donors (Lipinski definition) is 1. The van der Waals surface area contributed by atoms with Crippen LogP contribution < -0.4 is 5.43 Å². The number of nitro groups is 1. The molecule has 0 amide bonds. The molecule has 0 aromatic heterocycles. The summed E-state index contributed by atoms with van der Waals surface area (Å²) in [5.41, 5.74) is 2.75. The standard InChI is InChI=1S/C16H17N3O6/c1-4-25-15(20)12-9(2)17-18-14(16(21)24-3)13(12)10-7-5-6-8-11(10)19(22)23/h5-8,13,17H,4H2,1-3H3. The molecular weight excluding hydrogens is 330 g/mol. The Labute approximate surface area is 143 Å². The Balaban J connectivity index is 2.69. The van der Waals surface area contributed by atoms with Gasteiger partial charge in [-0.25, -0.2) is 9.59 Å². The Morgan fingerprint density at radius 1 is 1.32 bits per heavy atom. The quantitative estimate of drug-likeness (QED) is 0.488. The minimum absolute atomic E-state index is 0.0755. The Hall–Kier alpha value is -3.23. The molecule has 9 nitrogen and oxygen atoms in total. The molecule has 132 valence electrons. The van der Waals surface area contributed by atoms with E-state index in [9.17, 15) is 19.7 Å². The van der Waals surface area contributed by atoms with Crippen molar-refractivity contribution in [2.75, 3.05) is 13.7 Å². The minimum Gasteiger partial charge on any atom is -0.464 e. The average molecular weight is 347 g/mol. The first-order chi connectivity index (χ1) is 11.9. The van der Waals surface area contributed by atoms with Gasteiger partial charge in [0.2, 0.25) is 0 Å². The van der Waals surface area contributed by atoms with E-state index in [1.165, 1.54) is 18.2 Å². The third-order valence-electron chi connectivity index (χ3n) is 3.64. The van der Waals surface area contributed by atoms with Crippen molar-refractivity contribution in [2.45, 2.75) is 19.8 Å². The third-order valence-corrected chi connectivity index (χ3v) is 3.64. The van der Waals surface area contributed by atoms with Gasteiger partial charge in [-0.15, -0.1) is 0 Å². The van der Waals surface area contributed by atoms with Crippen molar-refractivity contribution < 1.29 is 24.0 Å². The second-order valence-electron chi connectivity index (χ2n) is 5.11. The number of esters is 2. The Kier molecular flexibility index (Phi) is 5.48. The predicted molar refractivity (Wildman–Crippen MR) is 87.8 cm³/mol. The number of carbonyl (C=O) groups excluding carboxylic acids is 2. The Morgan fingerprint density at radius 3 is 2.60 bits per heavy atom. The molecule has 1 aliphatic rings. The monoisotopic (exact) mass is 347 g/mol. The number of nitrogens with zero attached hydrogens (tertiary/aromatic N) is 2. The van der Waals surface area contributed by atoms with Crippen LogP contribution in [0.4, 0.5) is 5.69 Å². The van der Waals surface area contributed by atoms with Gasteiger partial charge in [0, 0.05) is 17.3 Å². The number of para-hydroxylation sites is 1. The smallest absolute Gasteiger partial charge is 0.355 e. The van der Waals surface area contributed by atoms with Gasteiger partial charge in [-0.05, 0) is 13.8 Å². The summed E-state index contributed by atoms with van der Waals surface area (Å²) in [6.07, 6.45) is 0. The van der Waals surface area contributed by atoms with Gasteiger partial charge in [0.05, 0.1) is 30.1 Å². The first-order valence-corrected chi connectivity index (χ1v) is 7.45. The van der Waals surface area contributed by atoms with Crippen LogP contribution in [-0.4, -0.2) is 36.3 Å². The topological polar surface area (TPSA) is 120 Å². The summed E-state index contributed by atoms with van der Waals surface area (Å²) >= 11 is 0. The number of nitrogens with one attached hydrogen (secondary N) is 1. The molecule has 1 aliphatic heterocycles. The normalized spacial score (nSPS) is 16.6. The van der Waals surface area contributed by atoms with E-state index in [0.29, 0.717) is 5.70 Å².